The van der Waals surface area contributed by atoms with Gasteiger partial charge in [-0.25, -0.2) is 4.79 Å². The van der Waals surface area contributed by atoms with Crippen molar-refractivity contribution in [1.29, 1.82) is 0 Å². The Bertz CT molecular complexity index is 589. The molecule has 1 heterocycles. The number of hydrogen-bond acceptors (Lipinski definition) is 4. The minimum atomic E-state index is -1.03. The minimum absolute atomic E-state index is 0.131. The molecule has 0 saturated carbocycles. The first kappa shape index (κ1) is 13.3. The van der Waals surface area contributed by atoms with Gasteiger partial charge in [-0.1, -0.05) is 36.3 Å². The number of aromatic carboxylic acids is 1. The van der Waals surface area contributed by atoms with Gasteiger partial charge in [-0.15, -0.1) is 0 Å². The third-order valence-corrected chi connectivity index (χ3v) is 2.87. The van der Waals surface area contributed by atoms with Gasteiger partial charge in [0.15, 0.2) is 5.76 Å². The molecule has 0 bridgehead atoms. The Hall–Kier alpha value is -2.14. The number of carboxylic acid groups (broad SMARTS) is 1. The first-order valence-electron chi connectivity index (χ1n) is 5.98. The van der Waals surface area contributed by atoms with Crippen LogP contribution >= 0.6 is 0 Å². The van der Waals surface area contributed by atoms with Gasteiger partial charge in [0.25, 0.3) is 0 Å². The number of carboxylic acids is 1. The molecular formula is C14H15NO4. The number of ether oxygens (including phenoxy) is 1. The van der Waals surface area contributed by atoms with E-state index < -0.39 is 5.97 Å². The standard InChI is InChI=1S/C14H15NO4/c1-3-11-12(14(16)17)13(15-19-11)10-7-5-4-6-9(10)8-18-2/h4-7H,3,8H2,1-2H3,(H,16,17). The maximum atomic E-state index is 11.4. The van der Waals surface area contributed by atoms with Gasteiger partial charge in [-0.05, 0) is 5.56 Å². The third-order valence-electron chi connectivity index (χ3n) is 2.87. The van der Waals surface area contributed by atoms with Crippen LogP contribution in [0.1, 0.15) is 28.6 Å². The maximum absolute atomic E-state index is 11.4. The van der Waals surface area contributed by atoms with Crippen LogP contribution < -0.4 is 0 Å². The Morgan fingerprint density at radius 3 is 2.79 bits per heavy atom. The second-order valence-corrected chi connectivity index (χ2v) is 4.08. The van der Waals surface area contributed by atoms with E-state index in [1.165, 1.54) is 0 Å². The molecule has 0 aliphatic rings. The molecule has 0 spiro atoms. The Morgan fingerprint density at radius 2 is 2.16 bits per heavy atom. The molecule has 5 nitrogen and oxygen atoms in total. The topological polar surface area (TPSA) is 72.6 Å². The largest absolute Gasteiger partial charge is 0.477 e. The molecule has 0 saturated heterocycles. The highest BCUT2D eigenvalue weighted by Gasteiger charge is 2.23. The molecule has 19 heavy (non-hydrogen) atoms. The maximum Gasteiger partial charge on any atom is 0.341 e. The molecular weight excluding hydrogens is 246 g/mol. The third kappa shape index (κ3) is 2.51. The van der Waals surface area contributed by atoms with Gasteiger partial charge in [-0.2, -0.15) is 0 Å². The molecule has 0 amide bonds. The number of aryl methyl sites for hydroxylation is 1. The van der Waals surface area contributed by atoms with Gasteiger partial charge in [0.1, 0.15) is 11.3 Å². The fourth-order valence-electron chi connectivity index (χ4n) is 2.00. The quantitative estimate of drug-likeness (QED) is 0.895. The van der Waals surface area contributed by atoms with Gasteiger partial charge in [-0.3, -0.25) is 0 Å². The van der Waals surface area contributed by atoms with E-state index in [0.717, 1.165) is 11.1 Å². The number of nitrogens with zero attached hydrogens (tertiary/aromatic N) is 1. The fourth-order valence-corrected chi connectivity index (χ4v) is 2.00. The summed E-state index contributed by atoms with van der Waals surface area (Å²) in [5.41, 5.74) is 2.09. The van der Waals surface area contributed by atoms with Crippen LogP contribution in [0.4, 0.5) is 0 Å². The van der Waals surface area contributed by atoms with E-state index in [2.05, 4.69) is 5.16 Å². The van der Waals surface area contributed by atoms with Crippen LogP contribution in [0.25, 0.3) is 11.3 Å². The SMILES string of the molecule is CCc1onc(-c2ccccc2COC)c1C(=O)O. The van der Waals surface area contributed by atoms with Crippen LogP contribution in [0.2, 0.25) is 0 Å². The predicted octanol–water partition coefficient (Wildman–Crippen LogP) is 2.75. The van der Waals surface area contributed by atoms with Crippen LogP contribution in [-0.4, -0.2) is 23.3 Å². The number of aromatic nitrogens is 1. The summed E-state index contributed by atoms with van der Waals surface area (Å²) in [7, 11) is 1.59. The van der Waals surface area contributed by atoms with E-state index in [0.29, 0.717) is 24.5 Å². The highest BCUT2D eigenvalue weighted by atomic mass is 16.5. The molecule has 100 valence electrons. The van der Waals surface area contributed by atoms with Gasteiger partial charge < -0.3 is 14.4 Å². The summed E-state index contributed by atoms with van der Waals surface area (Å²) in [6.45, 7) is 2.22. The van der Waals surface area contributed by atoms with Crippen LogP contribution in [-0.2, 0) is 17.8 Å². The Morgan fingerprint density at radius 1 is 1.42 bits per heavy atom. The number of rotatable bonds is 5. The first-order valence-corrected chi connectivity index (χ1v) is 5.98. The first-order chi connectivity index (χ1) is 9.19. The number of methoxy groups -OCH3 is 1. The second kappa shape index (κ2) is 5.67. The zero-order valence-corrected chi connectivity index (χ0v) is 10.8. The van der Waals surface area contributed by atoms with Gasteiger partial charge in [0.2, 0.25) is 0 Å². The van der Waals surface area contributed by atoms with Crippen molar-refractivity contribution in [2.24, 2.45) is 0 Å². The number of benzene rings is 1. The molecule has 2 rings (SSSR count). The summed E-state index contributed by atoms with van der Waals surface area (Å²) in [4.78, 5) is 11.4. The molecule has 0 aliphatic carbocycles. The van der Waals surface area contributed by atoms with Crippen molar-refractivity contribution in [3.8, 4) is 11.3 Å². The molecule has 2 aromatic rings. The van der Waals surface area contributed by atoms with Crippen molar-refractivity contribution in [3.63, 3.8) is 0 Å². The zero-order valence-electron chi connectivity index (χ0n) is 10.8. The van der Waals surface area contributed by atoms with E-state index in [9.17, 15) is 9.90 Å². The molecule has 1 aromatic carbocycles. The van der Waals surface area contributed by atoms with Crippen LogP contribution in [0.15, 0.2) is 28.8 Å². The molecule has 0 aliphatic heterocycles. The van der Waals surface area contributed by atoms with Crippen LogP contribution in [0.3, 0.4) is 0 Å². The average Bonchev–Trinajstić information content (AvgIpc) is 2.83. The second-order valence-electron chi connectivity index (χ2n) is 4.08. The van der Waals surface area contributed by atoms with Crippen molar-refractivity contribution < 1.29 is 19.2 Å². The summed E-state index contributed by atoms with van der Waals surface area (Å²) in [6.07, 6.45) is 0.487. The summed E-state index contributed by atoms with van der Waals surface area (Å²) >= 11 is 0. The van der Waals surface area contributed by atoms with Crippen molar-refractivity contribution in [1.82, 2.24) is 5.16 Å². The molecule has 0 fully saturated rings. The van der Waals surface area contributed by atoms with Gasteiger partial charge in [0.05, 0.1) is 6.61 Å². The lowest BCUT2D eigenvalue weighted by Gasteiger charge is -2.06. The number of hydrogen-bond donors (Lipinski definition) is 1. The van der Waals surface area contributed by atoms with Crippen molar-refractivity contribution in [2.75, 3.05) is 7.11 Å². The van der Waals surface area contributed by atoms with E-state index in [1.54, 1.807) is 7.11 Å². The summed E-state index contributed by atoms with van der Waals surface area (Å²) in [5, 5.41) is 13.2. The lowest BCUT2D eigenvalue weighted by molar-refractivity contribution is 0.0695. The Labute approximate surface area is 110 Å². The normalized spacial score (nSPS) is 10.6. The molecule has 5 heteroatoms. The highest BCUT2D eigenvalue weighted by molar-refractivity contribution is 5.96. The summed E-state index contributed by atoms with van der Waals surface area (Å²) < 4.78 is 10.2. The zero-order chi connectivity index (χ0) is 13.8. The predicted molar refractivity (Wildman–Crippen MR) is 69.0 cm³/mol. The summed E-state index contributed by atoms with van der Waals surface area (Å²) in [5.74, 6) is -0.643. The molecule has 0 radical (unpaired) electrons. The van der Waals surface area contributed by atoms with E-state index in [1.807, 2.05) is 31.2 Å². The smallest absolute Gasteiger partial charge is 0.341 e. The molecule has 1 aromatic heterocycles. The lowest BCUT2D eigenvalue weighted by Crippen LogP contribution is -2.02. The molecule has 1 N–H and O–H groups in total. The average molecular weight is 261 g/mol. The Balaban J connectivity index is 2.59. The number of carbonyl (C=O) groups is 1. The highest BCUT2D eigenvalue weighted by Crippen LogP contribution is 2.29. The van der Waals surface area contributed by atoms with Crippen LogP contribution in [0.5, 0.6) is 0 Å². The van der Waals surface area contributed by atoms with E-state index in [4.69, 9.17) is 9.26 Å². The van der Waals surface area contributed by atoms with E-state index >= 15 is 0 Å². The van der Waals surface area contributed by atoms with Crippen molar-refractivity contribution >= 4 is 5.97 Å². The van der Waals surface area contributed by atoms with Crippen molar-refractivity contribution in [3.05, 3.63) is 41.2 Å². The summed E-state index contributed by atoms with van der Waals surface area (Å²) in [6, 6.07) is 7.41. The fraction of sp³-hybridized carbons (Fsp3) is 0.286. The monoisotopic (exact) mass is 261 g/mol. The van der Waals surface area contributed by atoms with Crippen LogP contribution in [0, 0.1) is 0 Å². The molecule has 0 unspecified atom stereocenters. The lowest BCUT2D eigenvalue weighted by atomic mass is 10.0. The van der Waals surface area contributed by atoms with Gasteiger partial charge in [0, 0.05) is 19.1 Å². The van der Waals surface area contributed by atoms with Crippen molar-refractivity contribution in [2.45, 2.75) is 20.0 Å². The van der Waals surface area contributed by atoms with E-state index in [-0.39, 0.29) is 5.56 Å². The minimum Gasteiger partial charge on any atom is -0.477 e. The Kier molecular flexibility index (Phi) is 3.97. The molecule has 0 atom stereocenters. The van der Waals surface area contributed by atoms with Gasteiger partial charge >= 0.3 is 5.97 Å².